The molecule has 0 heterocycles. The van der Waals surface area contributed by atoms with Crippen LogP contribution in [0.5, 0.6) is 0 Å². The van der Waals surface area contributed by atoms with Gasteiger partial charge in [-0.1, -0.05) is 18.2 Å². The molecule has 0 saturated heterocycles. The maximum atomic E-state index is 11.6. The third-order valence-corrected chi connectivity index (χ3v) is 1.91. The van der Waals surface area contributed by atoms with E-state index in [1.165, 1.54) is 0 Å². The molecular weight excluding hydrogens is 138 g/mol. The summed E-state index contributed by atoms with van der Waals surface area (Å²) in [7, 11) is 1.66. The molecule has 0 unspecified atom stereocenters. The van der Waals surface area contributed by atoms with Gasteiger partial charge in [0.15, 0.2) is 0 Å². The van der Waals surface area contributed by atoms with Crippen molar-refractivity contribution in [3.63, 3.8) is 0 Å². The lowest BCUT2D eigenvalue weighted by Crippen LogP contribution is -2.37. The summed E-state index contributed by atoms with van der Waals surface area (Å²) in [4.78, 5) is 0. The van der Waals surface area contributed by atoms with E-state index in [-0.39, 0.29) is 4.65 Å². The van der Waals surface area contributed by atoms with Gasteiger partial charge in [0.05, 0.1) is 13.6 Å². The number of para-hydroxylation sites is 1. The smallest absolute Gasteiger partial charge is 0.132 e. The quantitative estimate of drug-likeness (QED) is 0.469. The average Bonchev–Trinajstić information content (AvgIpc) is 2.06. The van der Waals surface area contributed by atoms with Crippen LogP contribution in [0.2, 0.25) is 0 Å². The largest absolute Gasteiger partial charge is 0.628 e. The van der Waals surface area contributed by atoms with Gasteiger partial charge in [0.1, 0.15) is 5.69 Å². The Labute approximate surface area is 67.2 Å². The van der Waals surface area contributed by atoms with E-state index >= 15 is 0 Å². The average molecular weight is 151 g/mol. The van der Waals surface area contributed by atoms with Gasteiger partial charge >= 0.3 is 0 Å². The first-order valence-corrected chi connectivity index (χ1v) is 3.79. The molecule has 0 aliphatic heterocycles. The van der Waals surface area contributed by atoms with Gasteiger partial charge in [0.2, 0.25) is 0 Å². The summed E-state index contributed by atoms with van der Waals surface area (Å²) in [6, 6.07) is 9.41. The highest BCUT2D eigenvalue weighted by atomic mass is 16.5. The van der Waals surface area contributed by atoms with Crippen LogP contribution in [0, 0.1) is 5.21 Å². The van der Waals surface area contributed by atoms with Crippen LogP contribution in [0.15, 0.2) is 30.3 Å². The van der Waals surface area contributed by atoms with Crippen molar-refractivity contribution in [2.45, 2.75) is 6.92 Å². The van der Waals surface area contributed by atoms with E-state index in [9.17, 15) is 5.21 Å². The van der Waals surface area contributed by atoms with Gasteiger partial charge in [-0.3, -0.25) is 0 Å². The van der Waals surface area contributed by atoms with Crippen molar-refractivity contribution >= 4 is 5.69 Å². The lowest BCUT2D eigenvalue weighted by atomic mass is 10.3. The third-order valence-electron chi connectivity index (χ3n) is 1.91. The molecule has 2 nitrogen and oxygen atoms in total. The molecule has 0 radical (unpaired) electrons. The van der Waals surface area contributed by atoms with Gasteiger partial charge in [0, 0.05) is 0 Å². The molecule has 0 bridgehead atoms. The van der Waals surface area contributed by atoms with Crippen molar-refractivity contribution < 1.29 is 0 Å². The number of hydrogen-bond acceptors (Lipinski definition) is 1. The van der Waals surface area contributed by atoms with Gasteiger partial charge in [-0.2, -0.15) is 0 Å². The molecular formula is C9H13NO. The Morgan fingerprint density at radius 3 is 2.27 bits per heavy atom. The van der Waals surface area contributed by atoms with Crippen molar-refractivity contribution in [2.75, 3.05) is 13.6 Å². The third kappa shape index (κ3) is 1.79. The van der Waals surface area contributed by atoms with Crippen LogP contribution < -0.4 is 4.65 Å². The van der Waals surface area contributed by atoms with Crippen LogP contribution in [0.1, 0.15) is 6.92 Å². The Hall–Kier alpha value is -0.860. The zero-order chi connectivity index (χ0) is 8.32. The number of hydroxylamine groups is 2. The fourth-order valence-corrected chi connectivity index (χ4v) is 0.926. The minimum Gasteiger partial charge on any atom is -0.628 e. The van der Waals surface area contributed by atoms with E-state index in [0.29, 0.717) is 6.54 Å². The SMILES string of the molecule is CC[N@+](C)([O-])c1ccccc1. The van der Waals surface area contributed by atoms with Gasteiger partial charge in [0.25, 0.3) is 0 Å². The summed E-state index contributed by atoms with van der Waals surface area (Å²) in [5.41, 5.74) is 0.815. The number of quaternary nitrogens is 1. The molecule has 60 valence electrons. The Morgan fingerprint density at radius 2 is 1.82 bits per heavy atom. The molecule has 0 aliphatic carbocycles. The molecule has 1 atom stereocenters. The first kappa shape index (κ1) is 8.24. The van der Waals surface area contributed by atoms with E-state index < -0.39 is 0 Å². The topological polar surface area (TPSA) is 23.1 Å². The van der Waals surface area contributed by atoms with Crippen LogP contribution in [0.25, 0.3) is 0 Å². The fraction of sp³-hybridized carbons (Fsp3) is 0.333. The van der Waals surface area contributed by atoms with Gasteiger partial charge < -0.3 is 9.85 Å². The van der Waals surface area contributed by atoms with E-state index in [2.05, 4.69) is 0 Å². The zero-order valence-electron chi connectivity index (χ0n) is 6.95. The number of hydrogen-bond donors (Lipinski definition) is 0. The number of benzene rings is 1. The molecule has 2 heteroatoms. The van der Waals surface area contributed by atoms with Crippen molar-refractivity contribution in [1.29, 1.82) is 0 Å². The van der Waals surface area contributed by atoms with Crippen LogP contribution in [0.4, 0.5) is 5.69 Å². The molecule has 0 amide bonds. The lowest BCUT2D eigenvalue weighted by molar-refractivity contribution is 0.470. The Balaban J connectivity index is 2.93. The highest BCUT2D eigenvalue weighted by Crippen LogP contribution is 2.17. The second kappa shape index (κ2) is 3.03. The van der Waals surface area contributed by atoms with E-state index in [1.807, 2.05) is 37.3 Å². The molecule has 0 spiro atoms. The monoisotopic (exact) mass is 151 g/mol. The van der Waals surface area contributed by atoms with E-state index in [4.69, 9.17) is 0 Å². The van der Waals surface area contributed by atoms with Crippen molar-refractivity contribution in [1.82, 2.24) is 4.65 Å². The fourth-order valence-electron chi connectivity index (χ4n) is 0.926. The Kier molecular flexibility index (Phi) is 2.27. The van der Waals surface area contributed by atoms with Crippen LogP contribution in [-0.2, 0) is 0 Å². The first-order chi connectivity index (χ1) is 5.17. The van der Waals surface area contributed by atoms with E-state index in [0.717, 1.165) is 5.69 Å². The normalized spacial score (nSPS) is 15.9. The molecule has 1 aromatic rings. The van der Waals surface area contributed by atoms with Crippen molar-refractivity contribution in [3.8, 4) is 0 Å². The van der Waals surface area contributed by atoms with Crippen molar-refractivity contribution in [3.05, 3.63) is 35.5 Å². The molecule has 1 rings (SSSR count). The second-order valence-electron chi connectivity index (χ2n) is 2.75. The summed E-state index contributed by atoms with van der Waals surface area (Å²) in [5.74, 6) is 0. The van der Waals surface area contributed by atoms with Gasteiger partial charge in [-0.05, 0) is 19.1 Å². The molecule has 0 saturated carbocycles. The molecule has 11 heavy (non-hydrogen) atoms. The minimum absolute atomic E-state index is 0.291. The second-order valence-corrected chi connectivity index (χ2v) is 2.75. The Bertz CT molecular complexity index is 218. The molecule has 0 aliphatic rings. The Morgan fingerprint density at radius 1 is 1.27 bits per heavy atom. The molecule has 0 aromatic heterocycles. The van der Waals surface area contributed by atoms with Crippen LogP contribution in [-0.4, -0.2) is 13.6 Å². The minimum atomic E-state index is -0.291. The summed E-state index contributed by atoms with van der Waals surface area (Å²) in [6.45, 7) is 2.46. The summed E-state index contributed by atoms with van der Waals surface area (Å²) >= 11 is 0. The predicted molar refractivity (Wildman–Crippen MR) is 48.1 cm³/mol. The summed E-state index contributed by atoms with van der Waals surface area (Å²) in [5, 5.41) is 11.6. The number of nitrogens with zero attached hydrogens (tertiary/aromatic N) is 1. The first-order valence-electron chi connectivity index (χ1n) is 3.79. The van der Waals surface area contributed by atoms with Crippen molar-refractivity contribution in [2.24, 2.45) is 0 Å². The maximum absolute atomic E-state index is 11.6. The van der Waals surface area contributed by atoms with Gasteiger partial charge in [-0.15, -0.1) is 0 Å². The standard InChI is InChI=1S/C9H13NO/c1-3-10(2,11)9-7-5-4-6-8-9/h4-8H,3H2,1-2H3/t10-/m0/s1. The summed E-state index contributed by atoms with van der Waals surface area (Å²) < 4.78 is -0.291. The maximum Gasteiger partial charge on any atom is 0.132 e. The van der Waals surface area contributed by atoms with E-state index in [1.54, 1.807) is 7.05 Å². The molecule has 1 aromatic carbocycles. The highest BCUT2D eigenvalue weighted by Gasteiger charge is 2.08. The molecule has 0 fully saturated rings. The van der Waals surface area contributed by atoms with Crippen LogP contribution in [0.3, 0.4) is 0 Å². The van der Waals surface area contributed by atoms with Crippen LogP contribution >= 0.6 is 0 Å². The lowest BCUT2D eigenvalue weighted by Gasteiger charge is -2.36. The highest BCUT2D eigenvalue weighted by molar-refractivity contribution is 5.42. The molecule has 0 N–H and O–H groups in total. The summed E-state index contributed by atoms with van der Waals surface area (Å²) in [6.07, 6.45) is 0. The zero-order valence-corrected chi connectivity index (χ0v) is 6.95. The number of rotatable bonds is 2. The van der Waals surface area contributed by atoms with Gasteiger partial charge in [-0.25, -0.2) is 0 Å². The predicted octanol–water partition coefficient (Wildman–Crippen LogP) is 2.14.